The van der Waals surface area contributed by atoms with Crippen LogP contribution in [0.25, 0.3) is 17.0 Å². The second kappa shape index (κ2) is 7.15. The lowest BCUT2D eigenvalue weighted by Crippen LogP contribution is -2.35. The molecule has 0 atom stereocenters. The molecule has 1 aliphatic heterocycles. The van der Waals surface area contributed by atoms with Gasteiger partial charge >= 0.3 is 0 Å². The van der Waals surface area contributed by atoms with Crippen LogP contribution in [0.1, 0.15) is 17.5 Å². The van der Waals surface area contributed by atoms with Gasteiger partial charge in [-0.15, -0.1) is 0 Å². The van der Waals surface area contributed by atoms with Gasteiger partial charge in [0, 0.05) is 32.4 Å². The van der Waals surface area contributed by atoms with Crippen molar-refractivity contribution in [3.05, 3.63) is 76.5 Å². The molecule has 4 rings (SSSR count). The van der Waals surface area contributed by atoms with Crippen LogP contribution in [0, 0.1) is 6.92 Å². The molecular weight excluding hydrogens is 338 g/mol. The molecule has 3 aromatic rings. The van der Waals surface area contributed by atoms with Crippen LogP contribution in [0.3, 0.4) is 0 Å². The fourth-order valence-electron chi connectivity index (χ4n) is 3.27. The number of nitrogens with zero attached hydrogens (tertiary/aromatic N) is 5. The van der Waals surface area contributed by atoms with Crippen molar-refractivity contribution < 1.29 is 0 Å². The van der Waals surface area contributed by atoms with Gasteiger partial charge in [-0.05, 0) is 30.5 Å². The molecule has 2 aromatic heterocycles. The average molecular weight is 359 g/mol. The Balaban J connectivity index is 1.69. The van der Waals surface area contributed by atoms with Crippen molar-refractivity contribution in [2.75, 3.05) is 18.0 Å². The molecule has 3 heterocycles. The van der Waals surface area contributed by atoms with Crippen molar-refractivity contribution in [3.63, 3.8) is 0 Å². The van der Waals surface area contributed by atoms with Crippen molar-refractivity contribution >= 4 is 11.5 Å². The Morgan fingerprint density at radius 2 is 1.89 bits per heavy atom. The van der Waals surface area contributed by atoms with Gasteiger partial charge in [0.15, 0.2) is 0 Å². The van der Waals surface area contributed by atoms with Crippen molar-refractivity contribution in [1.82, 2.24) is 19.5 Å². The van der Waals surface area contributed by atoms with E-state index in [0.29, 0.717) is 17.3 Å². The molecule has 0 saturated heterocycles. The summed E-state index contributed by atoms with van der Waals surface area (Å²) >= 11 is 0. The first kappa shape index (κ1) is 17.1. The van der Waals surface area contributed by atoms with E-state index in [-0.39, 0.29) is 5.56 Å². The van der Waals surface area contributed by atoms with Crippen LogP contribution in [-0.2, 0) is 7.05 Å². The standard InChI is InChI=1S/C21H21N5O/c1-15-5-7-16(8-6-15)17-4-3-11-26(13-17)21-24-19(12-20(27)25(21)2)18-9-10-22-14-23-18/h4-10,12,14H,3,11,13H2,1-2H3. The van der Waals surface area contributed by atoms with Crippen molar-refractivity contribution in [2.24, 2.45) is 7.05 Å². The molecule has 136 valence electrons. The summed E-state index contributed by atoms with van der Waals surface area (Å²) in [6.45, 7) is 3.63. The molecule has 0 saturated carbocycles. The lowest BCUT2D eigenvalue weighted by Gasteiger charge is -2.30. The molecule has 0 radical (unpaired) electrons. The number of benzene rings is 1. The van der Waals surface area contributed by atoms with E-state index in [4.69, 9.17) is 4.98 Å². The monoisotopic (exact) mass is 359 g/mol. The molecule has 0 N–H and O–H groups in total. The van der Waals surface area contributed by atoms with E-state index >= 15 is 0 Å². The van der Waals surface area contributed by atoms with E-state index < -0.39 is 0 Å². The summed E-state index contributed by atoms with van der Waals surface area (Å²) in [5, 5.41) is 0. The first-order valence-electron chi connectivity index (χ1n) is 8.97. The van der Waals surface area contributed by atoms with Gasteiger partial charge in [0.05, 0.1) is 11.4 Å². The zero-order chi connectivity index (χ0) is 18.8. The molecule has 0 spiro atoms. The molecular formula is C21H21N5O. The highest BCUT2D eigenvalue weighted by Crippen LogP contribution is 2.25. The second-order valence-corrected chi connectivity index (χ2v) is 6.74. The van der Waals surface area contributed by atoms with Gasteiger partial charge in [0.25, 0.3) is 5.56 Å². The predicted octanol–water partition coefficient (Wildman–Crippen LogP) is 2.84. The van der Waals surface area contributed by atoms with E-state index in [1.54, 1.807) is 23.9 Å². The van der Waals surface area contributed by atoms with Crippen molar-refractivity contribution in [2.45, 2.75) is 13.3 Å². The third kappa shape index (κ3) is 3.51. The zero-order valence-corrected chi connectivity index (χ0v) is 15.5. The molecule has 6 heteroatoms. The highest BCUT2D eigenvalue weighted by atomic mass is 16.1. The summed E-state index contributed by atoms with van der Waals surface area (Å²) in [5.41, 5.74) is 4.83. The fraction of sp³-hybridized carbons (Fsp3) is 0.238. The summed E-state index contributed by atoms with van der Waals surface area (Å²) < 4.78 is 1.60. The first-order valence-corrected chi connectivity index (χ1v) is 8.97. The minimum atomic E-state index is -0.0972. The van der Waals surface area contributed by atoms with E-state index in [1.165, 1.54) is 29.1 Å². The van der Waals surface area contributed by atoms with E-state index in [2.05, 4.69) is 52.1 Å². The number of rotatable bonds is 3. The maximum Gasteiger partial charge on any atom is 0.255 e. The number of hydrogen-bond acceptors (Lipinski definition) is 5. The van der Waals surface area contributed by atoms with Crippen LogP contribution in [0.5, 0.6) is 0 Å². The number of anilines is 1. The Kier molecular flexibility index (Phi) is 4.54. The van der Waals surface area contributed by atoms with Crippen LogP contribution in [0.2, 0.25) is 0 Å². The van der Waals surface area contributed by atoms with Gasteiger partial charge in [-0.3, -0.25) is 9.36 Å². The molecule has 0 unspecified atom stereocenters. The first-order chi connectivity index (χ1) is 13.1. The third-order valence-corrected chi connectivity index (χ3v) is 4.81. The van der Waals surface area contributed by atoms with Gasteiger partial charge in [-0.1, -0.05) is 35.9 Å². The van der Waals surface area contributed by atoms with E-state index in [9.17, 15) is 4.79 Å². The quantitative estimate of drug-likeness (QED) is 0.719. The maximum atomic E-state index is 12.5. The molecule has 27 heavy (non-hydrogen) atoms. The summed E-state index contributed by atoms with van der Waals surface area (Å²) in [5.74, 6) is 0.661. The Morgan fingerprint density at radius 1 is 1.07 bits per heavy atom. The largest absolute Gasteiger partial charge is 0.338 e. The van der Waals surface area contributed by atoms with Gasteiger partial charge in [-0.25, -0.2) is 15.0 Å². The van der Waals surface area contributed by atoms with Gasteiger partial charge in [0.1, 0.15) is 6.33 Å². The fourth-order valence-corrected chi connectivity index (χ4v) is 3.27. The Hall–Kier alpha value is -3.28. The van der Waals surface area contributed by atoms with Crippen LogP contribution in [0.15, 0.2) is 59.8 Å². The Morgan fingerprint density at radius 3 is 2.63 bits per heavy atom. The topological polar surface area (TPSA) is 63.9 Å². The number of aromatic nitrogens is 4. The lowest BCUT2D eigenvalue weighted by atomic mass is 10.0. The summed E-state index contributed by atoms with van der Waals surface area (Å²) in [4.78, 5) is 27.6. The molecule has 0 amide bonds. The Labute approximate surface area is 157 Å². The van der Waals surface area contributed by atoms with Gasteiger partial charge < -0.3 is 4.90 Å². The Bertz CT molecular complexity index is 1040. The minimum Gasteiger partial charge on any atom is -0.338 e. The summed E-state index contributed by atoms with van der Waals surface area (Å²) in [7, 11) is 1.76. The zero-order valence-electron chi connectivity index (χ0n) is 15.5. The van der Waals surface area contributed by atoms with E-state index in [1.807, 2.05) is 0 Å². The highest BCUT2D eigenvalue weighted by Gasteiger charge is 2.19. The minimum absolute atomic E-state index is 0.0972. The van der Waals surface area contributed by atoms with Crippen molar-refractivity contribution in [1.29, 1.82) is 0 Å². The van der Waals surface area contributed by atoms with Crippen LogP contribution < -0.4 is 10.5 Å². The molecule has 6 nitrogen and oxygen atoms in total. The normalized spacial score (nSPS) is 14.1. The molecule has 1 aliphatic rings. The molecule has 0 bridgehead atoms. The lowest BCUT2D eigenvalue weighted by molar-refractivity contribution is 0.726. The number of hydrogen-bond donors (Lipinski definition) is 0. The summed E-state index contributed by atoms with van der Waals surface area (Å²) in [6, 6.07) is 11.8. The predicted molar refractivity (Wildman–Crippen MR) is 106 cm³/mol. The maximum absolute atomic E-state index is 12.5. The SMILES string of the molecule is Cc1ccc(C2=CCCN(c3nc(-c4ccncn4)cc(=O)n3C)C2)cc1. The van der Waals surface area contributed by atoms with Crippen LogP contribution >= 0.6 is 0 Å². The smallest absolute Gasteiger partial charge is 0.255 e. The highest BCUT2D eigenvalue weighted by molar-refractivity contribution is 5.71. The second-order valence-electron chi connectivity index (χ2n) is 6.74. The average Bonchev–Trinajstić information content (AvgIpc) is 2.71. The van der Waals surface area contributed by atoms with E-state index in [0.717, 1.165) is 19.5 Å². The van der Waals surface area contributed by atoms with Crippen molar-refractivity contribution in [3.8, 4) is 11.4 Å². The third-order valence-electron chi connectivity index (χ3n) is 4.81. The van der Waals surface area contributed by atoms with Gasteiger partial charge in [0.2, 0.25) is 5.95 Å². The number of aryl methyl sites for hydroxylation is 1. The molecule has 0 fully saturated rings. The molecule has 1 aromatic carbocycles. The van der Waals surface area contributed by atoms with Crippen LogP contribution in [-0.4, -0.2) is 32.6 Å². The van der Waals surface area contributed by atoms with Crippen LogP contribution in [0.4, 0.5) is 5.95 Å². The molecule has 0 aliphatic carbocycles. The summed E-state index contributed by atoms with van der Waals surface area (Å²) in [6.07, 6.45) is 6.30. The van der Waals surface area contributed by atoms with Gasteiger partial charge in [-0.2, -0.15) is 0 Å².